The molecular weight excluding hydrogens is 396 g/mol. The quantitative estimate of drug-likeness (QED) is 0.777. The summed E-state index contributed by atoms with van der Waals surface area (Å²) in [5.74, 6) is -0.182. The molecule has 0 saturated carbocycles. The fourth-order valence-corrected chi connectivity index (χ4v) is 3.13. The van der Waals surface area contributed by atoms with Gasteiger partial charge in [0.15, 0.2) is 0 Å². The molecule has 110 valence electrons. The molecule has 0 unspecified atom stereocenters. The number of hydrogen-bond acceptors (Lipinski definition) is 2. The molecule has 0 heterocycles. The van der Waals surface area contributed by atoms with Crippen LogP contribution in [0.1, 0.15) is 12.0 Å². The molecule has 0 aliphatic rings. The van der Waals surface area contributed by atoms with Crippen LogP contribution in [0.25, 0.3) is 0 Å². The lowest BCUT2D eigenvalue weighted by molar-refractivity contribution is -0.117. The van der Waals surface area contributed by atoms with Crippen LogP contribution in [-0.2, 0) is 11.2 Å². The zero-order valence-corrected chi connectivity index (χ0v) is 14.5. The lowest BCUT2D eigenvalue weighted by Crippen LogP contribution is -2.36. The van der Waals surface area contributed by atoms with Crippen molar-refractivity contribution in [2.75, 3.05) is 5.32 Å². The van der Waals surface area contributed by atoms with Crippen LogP contribution in [0.15, 0.2) is 57.5 Å². The van der Waals surface area contributed by atoms with Gasteiger partial charge in [-0.3, -0.25) is 4.79 Å². The Morgan fingerprint density at radius 3 is 2.29 bits per heavy atom. The summed E-state index contributed by atoms with van der Waals surface area (Å²) in [6, 6.07) is 15.1. The zero-order chi connectivity index (χ0) is 15.2. The number of nitrogens with two attached hydrogens (primary N) is 1. The number of hydrogen-bond donors (Lipinski definition) is 2. The highest BCUT2D eigenvalue weighted by atomic mass is 79.9. The van der Waals surface area contributed by atoms with Crippen molar-refractivity contribution in [3.05, 3.63) is 63.0 Å². The topological polar surface area (TPSA) is 55.1 Å². The molecule has 2 rings (SSSR count). The Hall–Kier alpha value is -1.17. The molecule has 21 heavy (non-hydrogen) atoms. The molecule has 0 bridgehead atoms. The zero-order valence-electron chi connectivity index (χ0n) is 11.4. The number of nitrogens with one attached hydrogen (secondary N) is 1. The third-order valence-electron chi connectivity index (χ3n) is 3.13. The molecule has 1 atom stereocenters. The van der Waals surface area contributed by atoms with E-state index in [4.69, 9.17) is 5.73 Å². The monoisotopic (exact) mass is 410 g/mol. The van der Waals surface area contributed by atoms with Gasteiger partial charge < -0.3 is 11.1 Å². The molecule has 3 nitrogen and oxygen atoms in total. The Kier molecular flexibility index (Phi) is 5.96. The van der Waals surface area contributed by atoms with Gasteiger partial charge in [0.1, 0.15) is 0 Å². The number of benzene rings is 2. The van der Waals surface area contributed by atoms with Crippen LogP contribution in [0.4, 0.5) is 5.69 Å². The van der Waals surface area contributed by atoms with E-state index in [0.717, 1.165) is 15.4 Å². The highest BCUT2D eigenvalue weighted by Gasteiger charge is 2.16. The van der Waals surface area contributed by atoms with Crippen LogP contribution in [0.3, 0.4) is 0 Å². The summed E-state index contributed by atoms with van der Waals surface area (Å²) in [6.45, 7) is 0. The van der Waals surface area contributed by atoms with Crippen molar-refractivity contribution in [2.24, 2.45) is 5.73 Å². The van der Waals surface area contributed by atoms with E-state index in [1.807, 2.05) is 48.5 Å². The Balaban J connectivity index is 1.94. The first-order valence-electron chi connectivity index (χ1n) is 6.62. The van der Waals surface area contributed by atoms with Crippen LogP contribution in [0, 0.1) is 0 Å². The van der Waals surface area contributed by atoms with E-state index >= 15 is 0 Å². The summed E-state index contributed by atoms with van der Waals surface area (Å²) in [5, 5.41) is 2.86. The average Bonchev–Trinajstić information content (AvgIpc) is 2.49. The summed E-state index contributed by atoms with van der Waals surface area (Å²) in [7, 11) is 0. The number of aryl methyl sites for hydroxylation is 1. The van der Waals surface area contributed by atoms with E-state index in [2.05, 4.69) is 37.2 Å². The minimum Gasteiger partial charge on any atom is -0.323 e. The van der Waals surface area contributed by atoms with Gasteiger partial charge in [0.2, 0.25) is 5.91 Å². The van der Waals surface area contributed by atoms with Crippen LogP contribution in [0.5, 0.6) is 0 Å². The molecule has 5 heteroatoms. The van der Waals surface area contributed by atoms with E-state index in [1.165, 1.54) is 5.56 Å². The molecule has 3 N–H and O–H groups in total. The summed E-state index contributed by atoms with van der Waals surface area (Å²) >= 11 is 6.83. The number of para-hydroxylation sites is 1. The first-order valence-corrected chi connectivity index (χ1v) is 8.21. The van der Waals surface area contributed by atoms with Crippen molar-refractivity contribution in [3.8, 4) is 0 Å². The average molecular weight is 412 g/mol. The molecule has 2 aromatic carbocycles. The SMILES string of the molecule is N[C@@H](CCc1ccccc1)C(=O)Nc1c(Br)cccc1Br. The fourth-order valence-electron chi connectivity index (χ4n) is 1.93. The summed E-state index contributed by atoms with van der Waals surface area (Å²) in [6.07, 6.45) is 1.39. The Labute approximate surface area is 141 Å². The lowest BCUT2D eigenvalue weighted by atomic mass is 10.1. The molecule has 0 aromatic heterocycles. The molecule has 0 aliphatic heterocycles. The van der Waals surface area contributed by atoms with Gasteiger partial charge in [-0.15, -0.1) is 0 Å². The van der Waals surface area contributed by atoms with Gasteiger partial charge >= 0.3 is 0 Å². The molecular formula is C16H16Br2N2O. The van der Waals surface area contributed by atoms with E-state index in [9.17, 15) is 4.79 Å². The molecule has 1 amide bonds. The number of anilines is 1. The van der Waals surface area contributed by atoms with E-state index in [1.54, 1.807) is 0 Å². The second-order valence-corrected chi connectivity index (χ2v) is 6.43. The Bertz CT molecular complexity index is 597. The van der Waals surface area contributed by atoms with Crippen molar-refractivity contribution in [3.63, 3.8) is 0 Å². The summed E-state index contributed by atoms with van der Waals surface area (Å²) in [5.41, 5.74) is 7.86. The van der Waals surface area contributed by atoms with Crippen molar-refractivity contribution in [1.29, 1.82) is 0 Å². The third kappa shape index (κ3) is 4.66. The molecule has 0 aliphatic carbocycles. The number of amides is 1. The first-order chi connectivity index (χ1) is 10.1. The van der Waals surface area contributed by atoms with Gasteiger partial charge in [0.25, 0.3) is 0 Å². The van der Waals surface area contributed by atoms with Crippen molar-refractivity contribution in [1.82, 2.24) is 0 Å². The Morgan fingerprint density at radius 2 is 1.67 bits per heavy atom. The van der Waals surface area contributed by atoms with Gasteiger partial charge in [0, 0.05) is 8.95 Å². The van der Waals surface area contributed by atoms with E-state index in [0.29, 0.717) is 12.1 Å². The third-order valence-corrected chi connectivity index (χ3v) is 4.46. The molecule has 0 spiro atoms. The highest BCUT2D eigenvalue weighted by molar-refractivity contribution is 9.11. The predicted octanol–water partition coefficient (Wildman–Crippen LogP) is 4.11. The van der Waals surface area contributed by atoms with Crippen LogP contribution in [0.2, 0.25) is 0 Å². The fraction of sp³-hybridized carbons (Fsp3) is 0.188. The number of carbonyl (C=O) groups is 1. The standard InChI is InChI=1S/C16H16Br2N2O/c17-12-7-4-8-13(18)15(12)20-16(21)14(19)10-9-11-5-2-1-3-6-11/h1-8,14H,9-10,19H2,(H,20,21)/t14-/m0/s1. The normalized spacial score (nSPS) is 12.0. The maximum absolute atomic E-state index is 12.2. The highest BCUT2D eigenvalue weighted by Crippen LogP contribution is 2.30. The second kappa shape index (κ2) is 7.73. The van der Waals surface area contributed by atoms with Crippen LogP contribution < -0.4 is 11.1 Å². The summed E-state index contributed by atoms with van der Waals surface area (Å²) < 4.78 is 1.64. The summed E-state index contributed by atoms with van der Waals surface area (Å²) in [4.78, 5) is 12.2. The van der Waals surface area contributed by atoms with Gasteiger partial charge in [0.05, 0.1) is 11.7 Å². The minimum absolute atomic E-state index is 0.182. The van der Waals surface area contributed by atoms with E-state index < -0.39 is 6.04 Å². The molecule has 0 radical (unpaired) electrons. The predicted molar refractivity (Wildman–Crippen MR) is 93.2 cm³/mol. The van der Waals surface area contributed by atoms with Crippen LogP contribution in [-0.4, -0.2) is 11.9 Å². The van der Waals surface area contributed by atoms with Gasteiger partial charge in [-0.2, -0.15) is 0 Å². The molecule has 2 aromatic rings. The van der Waals surface area contributed by atoms with Crippen molar-refractivity contribution in [2.45, 2.75) is 18.9 Å². The van der Waals surface area contributed by atoms with Gasteiger partial charge in [-0.05, 0) is 62.4 Å². The number of carbonyl (C=O) groups excluding carboxylic acids is 1. The minimum atomic E-state index is -0.538. The first kappa shape index (κ1) is 16.2. The van der Waals surface area contributed by atoms with E-state index in [-0.39, 0.29) is 5.91 Å². The number of halogens is 2. The maximum Gasteiger partial charge on any atom is 0.241 e. The van der Waals surface area contributed by atoms with Crippen molar-refractivity contribution < 1.29 is 4.79 Å². The van der Waals surface area contributed by atoms with Crippen molar-refractivity contribution >= 4 is 43.5 Å². The Morgan fingerprint density at radius 1 is 1.05 bits per heavy atom. The van der Waals surface area contributed by atoms with Gasteiger partial charge in [-0.25, -0.2) is 0 Å². The second-order valence-electron chi connectivity index (χ2n) is 4.72. The number of rotatable bonds is 5. The van der Waals surface area contributed by atoms with Gasteiger partial charge in [-0.1, -0.05) is 36.4 Å². The largest absolute Gasteiger partial charge is 0.323 e. The molecule has 0 saturated heterocycles. The lowest BCUT2D eigenvalue weighted by Gasteiger charge is -2.14. The maximum atomic E-state index is 12.2. The van der Waals surface area contributed by atoms with Crippen LogP contribution >= 0.6 is 31.9 Å². The smallest absolute Gasteiger partial charge is 0.241 e. The molecule has 0 fully saturated rings.